The van der Waals surface area contributed by atoms with Gasteiger partial charge >= 0.3 is 0 Å². The minimum absolute atomic E-state index is 0.0296. The number of nitrogens with zero attached hydrogens (tertiary/aromatic N) is 1. The zero-order valence-electron chi connectivity index (χ0n) is 20.6. The van der Waals surface area contributed by atoms with E-state index in [0.29, 0.717) is 17.7 Å². The number of ether oxygens (including phenoxy) is 4. The summed E-state index contributed by atoms with van der Waals surface area (Å²) in [6.45, 7) is 5.64. The molecule has 1 saturated heterocycles. The second kappa shape index (κ2) is 10.6. The molecule has 2 aliphatic rings. The molecule has 9 heteroatoms. The summed E-state index contributed by atoms with van der Waals surface area (Å²) in [4.78, 5) is 13.4. The van der Waals surface area contributed by atoms with E-state index in [9.17, 15) is 18.8 Å². The molecule has 1 heterocycles. The quantitative estimate of drug-likeness (QED) is 0.586. The van der Waals surface area contributed by atoms with E-state index in [1.54, 1.807) is 38.1 Å². The van der Waals surface area contributed by atoms with Gasteiger partial charge in [-0.2, -0.15) is 5.26 Å². The highest BCUT2D eigenvalue weighted by molar-refractivity contribution is 5.85. The van der Waals surface area contributed by atoms with Crippen LogP contribution in [0.3, 0.4) is 0 Å². The molecule has 0 radical (unpaired) electrons. The Morgan fingerprint density at radius 2 is 1.92 bits per heavy atom. The summed E-state index contributed by atoms with van der Waals surface area (Å²) in [5.74, 6) is -2.63. The number of hydrogen-bond acceptors (Lipinski definition) is 6. The lowest BCUT2D eigenvalue weighted by Crippen LogP contribution is -2.60. The summed E-state index contributed by atoms with van der Waals surface area (Å²) in [6, 6.07) is 12.5. The van der Waals surface area contributed by atoms with Gasteiger partial charge in [-0.25, -0.2) is 8.78 Å². The molecule has 1 N–H and O–H groups in total. The van der Waals surface area contributed by atoms with Gasteiger partial charge in [-0.3, -0.25) is 4.79 Å². The van der Waals surface area contributed by atoms with Gasteiger partial charge in [-0.15, -0.1) is 0 Å². The van der Waals surface area contributed by atoms with Crippen LogP contribution in [0.15, 0.2) is 42.5 Å². The lowest BCUT2D eigenvalue weighted by atomic mass is 9.78. The van der Waals surface area contributed by atoms with E-state index in [1.807, 2.05) is 6.92 Å². The van der Waals surface area contributed by atoms with Crippen molar-refractivity contribution in [2.24, 2.45) is 0 Å². The molecule has 2 aromatic carbocycles. The molecule has 0 spiro atoms. The molecule has 1 amide bonds. The molecule has 1 aliphatic heterocycles. The minimum Gasteiger partial charge on any atom is -0.370 e. The fraction of sp³-hybridized carbons (Fsp3) is 0.481. The second-order valence-corrected chi connectivity index (χ2v) is 9.54. The predicted octanol–water partition coefficient (Wildman–Crippen LogP) is 4.13. The van der Waals surface area contributed by atoms with Crippen molar-refractivity contribution in [1.82, 2.24) is 5.32 Å². The van der Waals surface area contributed by atoms with Crippen molar-refractivity contribution < 1.29 is 32.5 Å². The van der Waals surface area contributed by atoms with Gasteiger partial charge in [-0.1, -0.05) is 24.3 Å². The fourth-order valence-electron chi connectivity index (χ4n) is 4.84. The predicted molar refractivity (Wildman–Crippen MR) is 125 cm³/mol. The van der Waals surface area contributed by atoms with Gasteiger partial charge in [0, 0.05) is 31.0 Å². The van der Waals surface area contributed by atoms with E-state index in [0.717, 1.165) is 6.07 Å². The van der Waals surface area contributed by atoms with Crippen LogP contribution in [0.2, 0.25) is 0 Å². The molecular weight excluding hydrogens is 470 g/mol. The molecule has 7 nitrogen and oxygen atoms in total. The van der Waals surface area contributed by atoms with Crippen molar-refractivity contribution in [3.05, 3.63) is 70.8 Å². The van der Waals surface area contributed by atoms with Crippen LogP contribution in [-0.4, -0.2) is 42.2 Å². The van der Waals surface area contributed by atoms with Crippen molar-refractivity contribution in [1.29, 1.82) is 5.26 Å². The van der Waals surface area contributed by atoms with Crippen LogP contribution in [0.4, 0.5) is 8.78 Å². The molecule has 2 aromatic rings. The Labute approximate surface area is 209 Å². The van der Waals surface area contributed by atoms with Gasteiger partial charge in [0.15, 0.2) is 11.4 Å². The molecule has 192 valence electrons. The molecular formula is C27H30F2N2O5. The molecule has 36 heavy (non-hydrogen) atoms. The topological polar surface area (TPSA) is 89.8 Å². The monoisotopic (exact) mass is 500 g/mol. The zero-order valence-corrected chi connectivity index (χ0v) is 20.6. The largest absolute Gasteiger partial charge is 0.370 e. The van der Waals surface area contributed by atoms with Crippen molar-refractivity contribution in [2.75, 3.05) is 6.54 Å². The highest BCUT2D eigenvalue weighted by atomic mass is 19.1. The molecule has 2 fully saturated rings. The van der Waals surface area contributed by atoms with Gasteiger partial charge in [0.05, 0.1) is 37.1 Å². The van der Waals surface area contributed by atoms with E-state index in [2.05, 4.69) is 11.4 Å². The lowest BCUT2D eigenvalue weighted by Gasteiger charge is -2.43. The van der Waals surface area contributed by atoms with E-state index in [1.165, 1.54) is 12.1 Å². The maximum absolute atomic E-state index is 14.3. The summed E-state index contributed by atoms with van der Waals surface area (Å²) < 4.78 is 52.2. The summed E-state index contributed by atoms with van der Waals surface area (Å²) in [5, 5.41) is 12.3. The maximum Gasteiger partial charge on any atom is 0.252 e. The van der Waals surface area contributed by atoms with Crippen molar-refractivity contribution in [3.63, 3.8) is 0 Å². The van der Waals surface area contributed by atoms with Crippen LogP contribution in [0.25, 0.3) is 0 Å². The Bertz CT molecular complexity index is 1150. The average molecular weight is 501 g/mol. The van der Waals surface area contributed by atoms with Crippen LogP contribution in [0.5, 0.6) is 0 Å². The Kier molecular flexibility index (Phi) is 7.71. The van der Waals surface area contributed by atoms with Crippen molar-refractivity contribution in [2.45, 2.75) is 76.5 Å². The first-order valence-corrected chi connectivity index (χ1v) is 12.0. The Morgan fingerprint density at radius 1 is 1.14 bits per heavy atom. The number of hydrogen-bond donors (Lipinski definition) is 1. The number of rotatable bonds is 8. The van der Waals surface area contributed by atoms with Crippen LogP contribution in [0.1, 0.15) is 50.3 Å². The van der Waals surface area contributed by atoms with Gasteiger partial charge in [0.2, 0.25) is 0 Å². The number of halogens is 2. The van der Waals surface area contributed by atoms with Crippen LogP contribution >= 0.6 is 0 Å². The van der Waals surface area contributed by atoms with Crippen molar-refractivity contribution in [3.8, 4) is 6.07 Å². The molecule has 4 atom stereocenters. The first-order chi connectivity index (χ1) is 17.2. The van der Waals surface area contributed by atoms with E-state index in [-0.39, 0.29) is 37.5 Å². The highest BCUT2D eigenvalue weighted by Crippen LogP contribution is 2.44. The van der Waals surface area contributed by atoms with Gasteiger partial charge in [-0.05, 0) is 38.5 Å². The number of carbonyl (C=O) groups is 1. The number of amides is 1. The molecule has 0 bridgehead atoms. The average Bonchev–Trinajstić information content (AvgIpc) is 3.16. The van der Waals surface area contributed by atoms with Gasteiger partial charge in [0.25, 0.3) is 5.91 Å². The number of nitriles is 1. The summed E-state index contributed by atoms with van der Waals surface area (Å²) in [5.41, 5.74) is -0.0432. The van der Waals surface area contributed by atoms with Crippen LogP contribution < -0.4 is 5.32 Å². The number of likely N-dealkylation sites (N-methyl/N-ethyl adjacent to an activating group) is 1. The second-order valence-electron chi connectivity index (χ2n) is 9.54. The van der Waals surface area contributed by atoms with Crippen LogP contribution in [0, 0.1) is 23.0 Å². The maximum atomic E-state index is 14.3. The number of nitrogens with one attached hydrogen (secondary N) is 1. The number of carbonyl (C=O) groups excluding carboxylic acids is 1. The first kappa shape index (κ1) is 26.2. The standard InChI is InChI=1S/C27H30F2N2O5/c1-4-31-25(32)27(34-16-18-8-6-5-7-17(18)14-30)12-22(24-23(13-27)35-26(2,3)36-24)33-15-19-9-10-20(28)11-21(19)29/h5-11,22-24H,4,12-13,15-16H2,1-3H3,(H,31,32)/t22-,23-,24+,27-/m1/s1. The Hall–Kier alpha value is -2.90. The molecule has 0 aromatic heterocycles. The van der Waals surface area contributed by atoms with Crippen molar-refractivity contribution >= 4 is 5.91 Å². The third kappa shape index (κ3) is 5.57. The third-order valence-corrected chi connectivity index (χ3v) is 6.51. The molecule has 4 rings (SSSR count). The molecule has 1 saturated carbocycles. The zero-order chi connectivity index (χ0) is 25.9. The summed E-state index contributed by atoms with van der Waals surface area (Å²) >= 11 is 0. The smallest absolute Gasteiger partial charge is 0.252 e. The number of fused-ring (bicyclic) bond motifs is 1. The van der Waals surface area contributed by atoms with E-state index < -0.39 is 41.3 Å². The van der Waals surface area contributed by atoms with Gasteiger partial charge < -0.3 is 24.3 Å². The first-order valence-electron chi connectivity index (χ1n) is 12.0. The Balaban J connectivity index is 1.62. The van der Waals surface area contributed by atoms with E-state index in [4.69, 9.17) is 18.9 Å². The third-order valence-electron chi connectivity index (χ3n) is 6.51. The highest BCUT2D eigenvalue weighted by Gasteiger charge is 2.58. The minimum atomic E-state index is -1.34. The summed E-state index contributed by atoms with van der Waals surface area (Å²) in [6.07, 6.45) is -1.38. The van der Waals surface area contributed by atoms with Gasteiger partial charge in [0.1, 0.15) is 17.7 Å². The number of benzene rings is 2. The summed E-state index contributed by atoms with van der Waals surface area (Å²) in [7, 11) is 0. The fourth-order valence-corrected chi connectivity index (χ4v) is 4.84. The lowest BCUT2D eigenvalue weighted by molar-refractivity contribution is -0.183. The molecule has 1 aliphatic carbocycles. The Morgan fingerprint density at radius 3 is 2.64 bits per heavy atom. The SMILES string of the molecule is CCNC(=O)[C@@]1(OCc2ccccc2C#N)C[C@@H](OCc2ccc(F)cc2F)[C@@H]2OC(C)(C)O[C@@H]2C1. The van der Waals surface area contributed by atoms with Crippen LogP contribution in [-0.2, 0) is 37.0 Å². The van der Waals surface area contributed by atoms with E-state index >= 15 is 0 Å². The molecule has 0 unspecified atom stereocenters. The normalized spacial score (nSPS) is 26.7.